The summed E-state index contributed by atoms with van der Waals surface area (Å²) >= 11 is 0. The van der Waals surface area contributed by atoms with Crippen molar-refractivity contribution in [2.24, 2.45) is 0 Å². The highest BCUT2D eigenvalue weighted by Gasteiger charge is 2.23. The number of aliphatic hydroxyl groups is 1. The molecule has 2 atom stereocenters. The second kappa shape index (κ2) is 36.5. The van der Waals surface area contributed by atoms with Crippen molar-refractivity contribution in [1.82, 2.24) is 5.32 Å². The highest BCUT2D eigenvalue weighted by Crippen LogP contribution is 2.42. The van der Waals surface area contributed by atoms with Crippen LogP contribution in [0.25, 0.3) is 0 Å². The maximum atomic E-state index is 12.0. The van der Waals surface area contributed by atoms with Crippen LogP contribution in [0.3, 0.4) is 0 Å². The molecule has 1 amide bonds. The van der Waals surface area contributed by atoms with Gasteiger partial charge >= 0.3 is 13.8 Å². The predicted octanol–water partition coefficient (Wildman–Crippen LogP) is 10.7. The number of unbranched alkanes of at least 4 members (excludes halogenated alkanes) is 23. The number of aliphatic hydroxyl groups excluding tert-OH is 1. The number of esters is 1. The molecule has 3 N–H and O–H groups in total. The average Bonchev–Trinajstić information content (AvgIpc) is 3.08. The molecule has 0 fully saturated rings. The van der Waals surface area contributed by atoms with E-state index in [0.717, 1.165) is 64.2 Å². The van der Waals surface area contributed by atoms with Gasteiger partial charge in [-0.25, -0.2) is 4.57 Å². The maximum absolute atomic E-state index is 12.0. The number of allylic oxidation sites excluding steroid dienone is 2. The third-order valence-corrected chi connectivity index (χ3v) is 9.66. The third-order valence-electron chi connectivity index (χ3n) is 8.68. The maximum Gasteiger partial charge on any atom is 0.472 e. The fraction of sp³-hybridized carbons (Fsp3) is 0.897. The highest BCUT2D eigenvalue weighted by atomic mass is 31.2. The quantitative estimate of drug-likeness (QED) is 0.0249. The fourth-order valence-corrected chi connectivity index (χ4v) is 6.38. The molecule has 0 saturated carbocycles. The minimum absolute atomic E-state index is 0.0853. The van der Waals surface area contributed by atoms with Crippen molar-refractivity contribution < 1.29 is 37.9 Å². The zero-order chi connectivity index (χ0) is 36.1. The zero-order valence-corrected chi connectivity index (χ0v) is 32.5. The molecule has 0 aromatic carbocycles. The van der Waals surface area contributed by atoms with Crippen molar-refractivity contribution in [3.8, 4) is 0 Å². The fourth-order valence-electron chi connectivity index (χ4n) is 5.62. The van der Waals surface area contributed by atoms with Gasteiger partial charge in [0.05, 0.1) is 13.2 Å². The van der Waals surface area contributed by atoms with Crippen molar-refractivity contribution in [2.75, 3.05) is 26.4 Å². The lowest BCUT2D eigenvalue weighted by Crippen LogP contribution is -2.27. The van der Waals surface area contributed by atoms with E-state index in [0.29, 0.717) is 6.42 Å². The van der Waals surface area contributed by atoms with Gasteiger partial charge in [-0.15, -0.1) is 0 Å². The number of phosphoric acid groups is 1. The van der Waals surface area contributed by atoms with Gasteiger partial charge in [0.15, 0.2) is 0 Å². The highest BCUT2D eigenvalue weighted by molar-refractivity contribution is 7.47. The summed E-state index contributed by atoms with van der Waals surface area (Å²) in [4.78, 5) is 33.7. The van der Waals surface area contributed by atoms with Crippen LogP contribution in [-0.4, -0.2) is 54.3 Å². The van der Waals surface area contributed by atoms with Gasteiger partial charge in [-0.2, -0.15) is 0 Å². The van der Waals surface area contributed by atoms with E-state index in [4.69, 9.17) is 13.8 Å². The molecule has 9 nitrogen and oxygen atoms in total. The third kappa shape index (κ3) is 37.8. The van der Waals surface area contributed by atoms with Gasteiger partial charge in [-0.05, 0) is 32.1 Å². The number of hydrogen-bond acceptors (Lipinski definition) is 7. The molecular weight excluding hydrogens is 641 g/mol. The van der Waals surface area contributed by atoms with Crippen molar-refractivity contribution in [2.45, 2.75) is 200 Å². The van der Waals surface area contributed by atoms with Gasteiger partial charge in [-0.3, -0.25) is 18.6 Å². The minimum Gasteiger partial charge on any atom is -0.463 e. The molecule has 0 rings (SSSR count). The van der Waals surface area contributed by atoms with Crippen LogP contribution >= 0.6 is 7.82 Å². The summed E-state index contributed by atoms with van der Waals surface area (Å²) in [6.45, 7) is 3.49. The standard InChI is InChI=1S/C39H76NO8P/c1-3-5-7-9-11-13-15-16-17-18-19-20-21-22-23-25-27-29-31-38(42)40-33-34-47-49(44,45)48-36-37(41)35-46-39(43)32-30-28-26-24-14-12-10-8-6-4-2/h8,10,37,41H,3-7,9,11-36H2,1-2H3,(H,40,42)(H,44,45)/b10-8-. The van der Waals surface area contributed by atoms with Gasteiger partial charge in [0.1, 0.15) is 12.7 Å². The average molecular weight is 718 g/mol. The van der Waals surface area contributed by atoms with Gasteiger partial charge < -0.3 is 20.1 Å². The van der Waals surface area contributed by atoms with Crippen LogP contribution in [-0.2, 0) is 27.9 Å². The van der Waals surface area contributed by atoms with Gasteiger partial charge in [-0.1, -0.05) is 161 Å². The predicted molar refractivity (Wildman–Crippen MR) is 201 cm³/mol. The summed E-state index contributed by atoms with van der Waals surface area (Å²) in [5, 5.41) is 12.6. The Hall–Kier alpha value is -1.25. The van der Waals surface area contributed by atoms with Crippen molar-refractivity contribution in [3.63, 3.8) is 0 Å². The Morgan fingerprint density at radius 3 is 1.61 bits per heavy atom. The molecule has 49 heavy (non-hydrogen) atoms. The van der Waals surface area contributed by atoms with Crippen LogP contribution in [0.4, 0.5) is 0 Å². The Morgan fingerprint density at radius 1 is 0.612 bits per heavy atom. The largest absolute Gasteiger partial charge is 0.472 e. The van der Waals surface area contributed by atoms with E-state index in [1.807, 2.05) is 0 Å². The van der Waals surface area contributed by atoms with E-state index in [1.54, 1.807) is 0 Å². The zero-order valence-electron chi connectivity index (χ0n) is 31.7. The van der Waals surface area contributed by atoms with Crippen molar-refractivity contribution in [3.05, 3.63) is 12.2 Å². The van der Waals surface area contributed by atoms with Gasteiger partial charge in [0, 0.05) is 19.4 Å². The molecule has 0 heterocycles. The molecule has 0 aliphatic rings. The second-order valence-electron chi connectivity index (χ2n) is 13.6. The summed E-state index contributed by atoms with van der Waals surface area (Å²) in [5.74, 6) is -0.521. The molecule has 0 bridgehead atoms. The molecule has 0 aromatic rings. The van der Waals surface area contributed by atoms with E-state index in [9.17, 15) is 24.2 Å². The molecule has 0 radical (unpaired) electrons. The Kier molecular flexibility index (Phi) is 35.6. The summed E-state index contributed by atoms with van der Waals surface area (Å²) < 4.78 is 26.7. The van der Waals surface area contributed by atoms with Crippen LogP contribution in [0.2, 0.25) is 0 Å². The lowest BCUT2D eigenvalue weighted by atomic mass is 10.0. The van der Waals surface area contributed by atoms with Crippen molar-refractivity contribution >= 4 is 19.7 Å². The number of amides is 1. The topological polar surface area (TPSA) is 131 Å². The van der Waals surface area contributed by atoms with Gasteiger partial charge in [0.2, 0.25) is 5.91 Å². The monoisotopic (exact) mass is 718 g/mol. The summed E-state index contributed by atoms with van der Waals surface area (Å²) in [6.07, 6.45) is 35.8. The normalized spacial score (nSPS) is 13.5. The molecule has 0 aromatic heterocycles. The number of rotatable bonds is 38. The molecule has 0 aliphatic carbocycles. The van der Waals surface area contributed by atoms with E-state index in [1.165, 1.54) is 103 Å². The van der Waals surface area contributed by atoms with Crippen LogP contribution in [0.1, 0.15) is 194 Å². The second-order valence-corrected chi connectivity index (χ2v) is 15.1. The van der Waals surface area contributed by atoms with E-state index >= 15 is 0 Å². The number of phosphoric ester groups is 1. The molecule has 2 unspecified atom stereocenters. The van der Waals surface area contributed by atoms with Gasteiger partial charge in [0.25, 0.3) is 0 Å². The van der Waals surface area contributed by atoms with Crippen LogP contribution < -0.4 is 5.32 Å². The Balaban J connectivity index is 3.56. The molecular formula is C39H76NO8P. The lowest BCUT2D eigenvalue weighted by Gasteiger charge is -2.15. The van der Waals surface area contributed by atoms with Crippen LogP contribution in [0.15, 0.2) is 12.2 Å². The number of ether oxygens (including phenoxy) is 1. The first-order chi connectivity index (χ1) is 23.8. The Labute approximate surface area is 300 Å². The first-order valence-corrected chi connectivity index (χ1v) is 21.7. The first kappa shape index (κ1) is 47.8. The molecule has 290 valence electrons. The molecule has 0 saturated heterocycles. The summed E-state index contributed by atoms with van der Waals surface area (Å²) in [5.41, 5.74) is 0. The summed E-state index contributed by atoms with van der Waals surface area (Å²) in [7, 11) is -4.41. The van der Waals surface area contributed by atoms with E-state index < -0.39 is 26.5 Å². The number of carbonyl (C=O) groups excluding carboxylic acids is 2. The number of carbonyl (C=O) groups is 2. The van der Waals surface area contributed by atoms with Crippen LogP contribution in [0, 0.1) is 0 Å². The molecule has 0 aliphatic heterocycles. The number of hydrogen-bond donors (Lipinski definition) is 3. The SMILES string of the molecule is CCC/C=C\CCCCCCCC(=O)OCC(O)COP(=O)(O)OCCNC(=O)CCCCCCCCCCCCCCCCCCCC. The Morgan fingerprint density at radius 2 is 1.08 bits per heavy atom. The molecule has 0 spiro atoms. The Bertz CT molecular complexity index is 825. The van der Waals surface area contributed by atoms with Crippen LogP contribution in [0.5, 0.6) is 0 Å². The van der Waals surface area contributed by atoms with E-state index in [2.05, 4.69) is 31.3 Å². The van der Waals surface area contributed by atoms with Crippen molar-refractivity contribution in [1.29, 1.82) is 0 Å². The first-order valence-electron chi connectivity index (χ1n) is 20.2. The smallest absolute Gasteiger partial charge is 0.463 e. The lowest BCUT2D eigenvalue weighted by molar-refractivity contribution is -0.147. The molecule has 10 heteroatoms. The van der Waals surface area contributed by atoms with E-state index in [-0.39, 0.29) is 32.1 Å². The minimum atomic E-state index is -4.41. The number of nitrogens with one attached hydrogen (secondary N) is 1. The summed E-state index contributed by atoms with van der Waals surface area (Å²) in [6, 6.07) is 0.